The van der Waals surface area contributed by atoms with Gasteiger partial charge in [-0.3, -0.25) is 4.98 Å². The van der Waals surface area contributed by atoms with E-state index in [0.29, 0.717) is 22.6 Å². The van der Waals surface area contributed by atoms with Crippen molar-refractivity contribution in [3.05, 3.63) is 59.4 Å². The molecule has 0 amide bonds. The van der Waals surface area contributed by atoms with Crippen molar-refractivity contribution in [3.8, 4) is 17.6 Å². The Morgan fingerprint density at radius 1 is 1.38 bits per heavy atom. The Kier molecular flexibility index (Phi) is 4.32. The van der Waals surface area contributed by atoms with Crippen molar-refractivity contribution in [2.24, 2.45) is 0 Å². The number of rotatable bonds is 4. The van der Waals surface area contributed by atoms with Crippen LogP contribution in [-0.4, -0.2) is 16.1 Å². The van der Waals surface area contributed by atoms with E-state index in [0.717, 1.165) is 11.8 Å². The molecule has 0 unspecified atom stereocenters. The quantitative estimate of drug-likeness (QED) is 0.870. The molecule has 5 heteroatoms. The first-order chi connectivity index (χ1) is 10.1. The molecule has 0 spiro atoms. The lowest BCUT2D eigenvalue weighted by Gasteiger charge is -2.09. The predicted octanol–water partition coefficient (Wildman–Crippen LogP) is 3.15. The molecule has 0 bridgehead atoms. The number of pyridine rings is 1. The zero-order valence-corrected chi connectivity index (χ0v) is 11.3. The fourth-order valence-electron chi connectivity index (χ4n) is 1.69. The molecule has 0 atom stereocenters. The minimum absolute atomic E-state index is 0.325. The van der Waals surface area contributed by atoms with Crippen molar-refractivity contribution >= 4 is 12.0 Å². The minimum Gasteiger partial charge on any atom is -0.478 e. The third kappa shape index (κ3) is 3.67. The van der Waals surface area contributed by atoms with Gasteiger partial charge < -0.3 is 9.84 Å². The smallest absolute Gasteiger partial charge is 0.328 e. The molecule has 0 aliphatic rings. The highest BCUT2D eigenvalue weighted by Gasteiger charge is 2.07. The first-order valence-electron chi connectivity index (χ1n) is 6.15. The summed E-state index contributed by atoms with van der Waals surface area (Å²) < 4.78 is 5.69. The standard InChI is InChI=1S/C16H12N2O3/c1-11-14(3-2-8-18-11)21-15-6-4-12(5-7-16(19)20)9-13(15)10-17/h2-9H,1H3,(H,19,20)/b7-5+. The van der Waals surface area contributed by atoms with Gasteiger partial charge in [0.05, 0.1) is 11.3 Å². The molecule has 0 saturated carbocycles. The molecule has 1 aromatic heterocycles. The number of carboxylic acids is 1. The van der Waals surface area contributed by atoms with E-state index >= 15 is 0 Å². The van der Waals surface area contributed by atoms with Crippen molar-refractivity contribution in [2.45, 2.75) is 6.92 Å². The number of aromatic nitrogens is 1. The Morgan fingerprint density at radius 2 is 2.19 bits per heavy atom. The maximum atomic E-state index is 10.5. The molecular formula is C16H12N2O3. The van der Waals surface area contributed by atoms with Gasteiger partial charge in [0.25, 0.3) is 0 Å². The van der Waals surface area contributed by atoms with Gasteiger partial charge in [-0.2, -0.15) is 5.26 Å². The van der Waals surface area contributed by atoms with Crippen LogP contribution in [0, 0.1) is 18.3 Å². The second kappa shape index (κ2) is 6.35. The number of benzene rings is 1. The monoisotopic (exact) mass is 280 g/mol. The van der Waals surface area contributed by atoms with Gasteiger partial charge in [0, 0.05) is 12.3 Å². The minimum atomic E-state index is -1.04. The number of ether oxygens (including phenoxy) is 1. The van der Waals surface area contributed by atoms with E-state index in [-0.39, 0.29) is 0 Å². The molecule has 0 aliphatic heterocycles. The average molecular weight is 280 g/mol. The van der Waals surface area contributed by atoms with Crippen LogP contribution in [0.5, 0.6) is 11.5 Å². The number of hydrogen-bond acceptors (Lipinski definition) is 4. The summed E-state index contributed by atoms with van der Waals surface area (Å²) in [6, 6.07) is 10.4. The Morgan fingerprint density at radius 3 is 2.86 bits per heavy atom. The molecular weight excluding hydrogens is 268 g/mol. The maximum absolute atomic E-state index is 10.5. The summed E-state index contributed by atoms with van der Waals surface area (Å²) in [4.78, 5) is 14.6. The van der Waals surface area contributed by atoms with Crippen LogP contribution >= 0.6 is 0 Å². The Hall–Kier alpha value is -3.13. The molecule has 104 valence electrons. The van der Waals surface area contributed by atoms with Crippen LogP contribution in [0.4, 0.5) is 0 Å². The Bertz CT molecular complexity index is 745. The maximum Gasteiger partial charge on any atom is 0.328 e. The molecule has 0 aliphatic carbocycles. The van der Waals surface area contributed by atoms with Gasteiger partial charge in [0.15, 0.2) is 0 Å². The second-order valence-electron chi connectivity index (χ2n) is 4.23. The topological polar surface area (TPSA) is 83.2 Å². The van der Waals surface area contributed by atoms with Crippen molar-refractivity contribution in [1.82, 2.24) is 4.98 Å². The van der Waals surface area contributed by atoms with Crippen LogP contribution in [0.25, 0.3) is 6.08 Å². The van der Waals surface area contributed by atoms with Crippen LogP contribution < -0.4 is 4.74 Å². The summed E-state index contributed by atoms with van der Waals surface area (Å²) in [6.45, 7) is 1.81. The Balaban J connectivity index is 2.31. The summed E-state index contributed by atoms with van der Waals surface area (Å²) >= 11 is 0. The number of hydrogen-bond donors (Lipinski definition) is 1. The molecule has 0 saturated heterocycles. The van der Waals surface area contributed by atoms with Gasteiger partial charge in [-0.1, -0.05) is 6.07 Å². The third-order valence-electron chi connectivity index (χ3n) is 2.72. The van der Waals surface area contributed by atoms with E-state index < -0.39 is 5.97 Å². The lowest BCUT2D eigenvalue weighted by atomic mass is 10.1. The van der Waals surface area contributed by atoms with E-state index in [2.05, 4.69) is 4.98 Å². The van der Waals surface area contributed by atoms with Crippen molar-refractivity contribution in [2.75, 3.05) is 0 Å². The van der Waals surface area contributed by atoms with E-state index in [1.54, 1.807) is 36.5 Å². The summed E-state index contributed by atoms with van der Waals surface area (Å²) in [5, 5.41) is 17.8. The van der Waals surface area contributed by atoms with Gasteiger partial charge in [0.1, 0.15) is 17.6 Å². The van der Waals surface area contributed by atoms with Gasteiger partial charge in [-0.05, 0) is 42.8 Å². The summed E-state index contributed by atoms with van der Waals surface area (Å²) in [5.41, 5.74) is 1.66. The van der Waals surface area contributed by atoms with Gasteiger partial charge in [0.2, 0.25) is 0 Å². The fraction of sp³-hybridized carbons (Fsp3) is 0.0625. The van der Waals surface area contributed by atoms with Crippen LogP contribution in [0.15, 0.2) is 42.6 Å². The zero-order valence-electron chi connectivity index (χ0n) is 11.3. The van der Waals surface area contributed by atoms with Crippen molar-refractivity contribution in [3.63, 3.8) is 0 Å². The molecule has 1 aromatic carbocycles. The first kappa shape index (κ1) is 14.3. The van der Waals surface area contributed by atoms with Crippen LogP contribution in [0.3, 0.4) is 0 Å². The number of carbonyl (C=O) groups is 1. The fourth-order valence-corrected chi connectivity index (χ4v) is 1.69. The van der Waals surface area contributed by atoms with Crippen LogP contribution in [0.2, 0.25) is 0 Å². The SMILES string of the molecule is Cc1ncccc1Oc1ccc(/C=C/C(=O)O)cc1C#N. The molecule has 2 rings (SSSR count). The lowest BCUT2D eigenvalue weighted by Crippen LogP contribution is -1.93. The largest absolute Gasteiger partial charge is 0.478 e. The van der Waals surface area contributed by atoms with E-state index in [4.69, 9.17) is 9.84 Å². The molecule has 21 heavy (non-hydrogen) atoms. The van der Waals surface area contributed by atoms with Crippen molar-refractivity contribution < 1.29 is 14.6 Å². The summed E-state index contributed by atoms with van der Waals surface area (Å²) in [7, 11) is 0. The summed E-state index contributed by atoms with van der Waals surface area (Å²) in [5.74, 6) is -0.0660. The molecule has 0 radical (unpaired) electrons. The molecule has 2 aromatic rings. The zero-order chi connectivity index (χ0) is 15.2. The molecule has 1 N–H and O–H groups in total. The number of nitrogens with zero attached hydrogens (tertiary/aromatic N) is 2. The highest BCUT2D eigenvalue weighted by molar-refractivity contribution is 5.85. The number of aryl methyl sites for hydroxylation is 1. The lowest BCUT2D eigenvalue weighted by molar-refractivity contribution is -0.131. The van der Waals surface area contributed by atoms with Gasteiger partial charge in [-0.25, -0.2) is 4.79 Å². The van der Waals surface area contributed by atoms with Gasteiger partial charge >= 0.3 is 5.97 Å². The molecule has 0 fully saturated rings. The first-order valence-corrected chi connectivity index (χ1v) is 6.15. The highest BCUT2D eigenvalue weighted by Crippen LogP contribution is 2.27. The number of nitriles is 1. The second-order valence-corrected chi connectivity index (χ2v) is 4.23. The van der Waals surface area contributed by atoms with E-state index in [1.165, 1.54) is 6.08 Å². The number of carboxylic acid groups (broad SMARTS) is 1. The number of aliphatic carboxylic acids is 1. The molecule has 1 heterocycles. The molecule has 5 nitrogen and oxygen atoms in total. The van der Waals surface area contributed by atoms with Crippen LogP contribution in [0.1, 0.15) is 16.8 Å². The predicted molar refractivity (Wildman–Crippen MR) is 76.9 cm³/mol. The van der Waals surface area contributed by atoms with Gasteiger partial charge in [-0.15, -0.1) is 0 Å². The van der Waals surface area contributed by atoms with E-state index in [9.17, 15) is 10.1 Å². The third-order valence-corrected chi connectivity index (χ3v) is 2.72. The van der Waals surface area contributed by atoms with Crippen molar-refractivity contribution in [1.29, 1.82) is 5.26 Å². The highest BCUT2D eigenvalue weighted by atomic mass is 16.5. The average Bonchev–Trinajstić information content (AvgIpc) is 2.48. The normalized spacial score (nSPS) is 10.3. The summed E-state index contributed by atoms with van der Waals surface area (Å²) in [6.07, 6.45) is 4.09. The van der Waals surface area contributed by atoms with Crippen LogP contribution in [-0.2, 0) is 4.79 Å². The van der Waals surface area contributed by atoms with E-state index in [1.807, 2.05) is 13.0 Å². The Labute approximate surface area is 121 Å².